The fourth-order valence-corrected chi connectivity index (χ4v) is 2.00. The molecule has 1 aromatic carbocycles. The lowest BCUT2D eigenvalue weighted by Crippen LogP contribution is -2.13. The third kappa shape index (κ3) is 3.12. The summed E-state index contributed by atoms with van der Waals surface area (Å²) in [5, 5.41) is 0. The Morgan fingerprint density at radius 2 is 2.12 bits per heavy atom. The lowest BCUT2D eigenvalue weighted by molar-refractivity contribution is -0.139. The predicted octanol–water partition coefficient (Wildman–Crippen LogP) is 2.96. The molecule has 17 heavy (non-hydrogen) atoms. The first-order valence-corrected chi connectivity index (χ1v) is 5.54. The highest BCUT2D eigenvalue weighted by Crippen LogP contribution is 2.32. The van der Waals surface area contributed by atoms with E-state index in [0.717, 1.165) is 24.0 Å². The average molecular weight is 245 g/mol. The van der Waals surface area contributed by atoms with E-state index in [9.17, 15) is 13.2 Å². The number of nitrogens with two attached hydrogens (primary N) is 1. The van der Waals surface area contributed by atoms with Gasteiger partial charge in [-0.1, -0.05) is 6.07 Å². The fourth-order valence-electron chi connectivity index (χ4n) is 2.00. The Bertz CT molecular complexity index is 403. The second kappa shape index (κ2) is 4.56. The smallest absolute Gasteiger partial charge is 0.392 e. The van der Waals surface area contributed by atoms with E-state index in [1.165, 1.54) is 0 Å². The summed E-state index contributed by atoms with van der Waals surface area (Å²) < 4.78 is 40.9. The molecule has 0 fully saturated rings. The topological polar surface area (TPSA) is 35.2 Å². The van der Waals surface area contributed by atoms with Crippen LogP contribution in [0.1, 0.15) is 30.0 Å². The quantitative estimate of drug-likeness (QED) is 0.888. The summed E-state index contributed by atoms with van der Waals surface area (Å²) in [4.78, 5) is 0. The first-order valence-electron chi connectivity index (χ1n) is 5.54. The second-order valence-electron chi connectivity index (χ2n) is 4.22. The van der Waals surface area contributed by atoms with Crippen molar-refractivity contribution in [2.24, 2.45) is 5.73 Å². The Morgan fingerprint density at radius 1 is 1.35 bits per heavy atom. The van der Waals surface area contributed by atoms with Crippen LogP contribution < -0.4 is 10.5 Å². The Morgan fingerprint density at radius 3 is 2.82 bits per heavy atom. The van der Waals surface area contributed by atoms with E-state index >= 15 is 0 Å². The Balaban J connectivity index is 1.95. The minimum absolute atomic E-state index is 0.0502. The van der Waals surface area contributed by atoms with Crippen LogP contribution in [0.3, 0.4) is 0 Å². The largest absolute Gasteiger partial charge is 0.493 e. The Labute approximate surface area is 97.6 Å². The van der Waals surface area contributed by atoms with Gasteiger partial charge in [-0.25, -0.2) is 0 Å². The van der Waals surface area contributed by atoms with Crippen molar-refractivity contribution in [2.45, 2.75) is 31.5 Å². The molecule has 1 aliphatic carbocycles. The molecule has 1 atom stereocenters. The monoisotopic (exact) mass is 245 g/mol. The van der Waals surface area contributed by atoms with Crippen LogP contribution in [0, 0.1) is 0 Å². The summed E-state index contributed by atoms with van der Waals surface area (Å²) in [5.41, 5.74) is 8.03. The molecule has 0 saturated carbocycles. The van der Waals surface area contributed by atoms with Crippen molar-refractivity contribution in [2.75, 3.05) is 6.61 Å². The van der Waals surface area contributed by atoms with Gasteiger partial charge in [0.25, 0.3) is 0 Å². The Kier molecular flexibility index (Phi) is 3.28. The molecule has 0 unspecified atom stereocenters. The molecular formula is C12H14F3NO. The van der Waals surface area contributed by atoms with Crippen molar-refractivity contribution in [1.82, 2.24) is 0 Å². The van der Waals surface area contributed by atoms with Crippen LogP contribution in [0.25, 0.3) is 0 Å². The maximum absolute atomic E-state index is 11.9. The fraction of sp³-hybridized carbons (Fsp3) is 0.500. The number of aryl methyl sites for hydroxylation is 1. The van der Waals surface area contributed by atoms with Gasteiger partial charge in [0.15, 0.2) is 0 Å². The molecule has 94 valence electrons. The van der Waals surface area contributed by atoms with E-state index < -0.39 is 12.6 Å². The van der Waals surface area contributed by atoms with E-state index in [2.05, 4.69) is 0 Å². The normalized spacial score (nSPS) is 19.2. The lowest BCUT2D eigenvalue weighted by atomic mass is 10.1. The van der Waals surface area contributed by atoms with E-state index in [0.29, 0.717) is 5.75 Å². The average Bonchev–Trinajstić information content (AvgIpc) is 2.58. The van der Waals surface area contributed by atoms with Crippen LogP contribution in [0.2, 0.25) is 0 Å². The van der Waals surface area contributed by atoms with E-state index in [1.807, 2.05) is 6.07 Å². The van der Waals surface area contributed by atoms with Crippen molar-refractivity contribution in [3.8, 4) is 5.75 Å². The van der Waals surface area contributed by atoms with E-state index in [1.54, 1.807) is 12.1 Å². The highest BCUT2D eigenvalue weighted by atomic mass is 19.4. The van der Waals surface area contributed by atoms with Crippen molar-refractivity contribution in [3.05, 3.63) is 29.3 Å². The third-order valence-corrected chi connectivity index (χ3v) is 2.89. The highest BCUT2D eigenvalue weighted by Gasteiger charge is 2.27. The molecule has 2 nitrogen and oxygen atoms in total. The second-order valence-corrected chi connectivity index (χ2v) is 4.22. The van der Waals surface area contributed by atoms with Crippen LogP contribution in [0.5, 0.6) is 5.75 Å². The molecule has 0 heterocycles. The van der Waals surface area contributed by atoms with Gasteiger partial charge < -0.3 is 10.5 Å². The number of alkyl halides is 3. The number of benzene rings is 1. The van der Waals surface area contributed by atoms with Gasteiger partial charge in [0, 0.05) is 6.04 Å². The molecule has 0 saturated heterocycles. The number of hydrogen-bond donors (Lipinski definition) is 1. The van der Waals surface area contributed by atoms with Crippen LogP contribution in [-0.4, -0.2) is 12.8 Å². The van der Waals surface area contributed by atoms with Gasteiger partial charge in [0.1, 0.15) is 5.75 Å². The van der Waals surface area contributed by atoms with Crippen molar-refractivity contribution < 1.29 is 17.9 Å². The zero-order chi connectivity index (χ0) is 12.5. The lowest BCUT2D eigenvalue weighted by Gasteiger charge is -2.10. The van der Waals surface area contributed by atoms with Gasteiger partial charge in [0.2, 0.25) is 0 Å². The predicted molar refractivity (Wildman–Crippen MR) is 57.9 cm³/mol. The molecule has 0 bridgehead atoms. The third-order valence-electron chi connectivity index (χ3n) is 2.89. The minimum atomic E-state index is -4.17. The zero-order valence-electron chi connectivity index (χ0n) is 9.26. The Hall–Kier alpha value is -1.23. The van der Waals surface area contributed by atoms with Crippen LogP contribution >= 0.6 is 0 Å². The standard InChI is InChI=1S/C12H14F3NO/c13-12(14,15)5-6-17-9-2-3-10-8(7-9)1-4-11(10)16/h2-3,7,11H,1,4-6,16H2/t11-/m1/s1. The summed E-state index contributed by atoms with van der Waals surface area (Å²) in [6.07, 6.45) is -3.34. The van der Waals surface area contributed by atoms with Gasteiger partial charge in [-0.3, -0.25) is 0 Å². The minimum Gasteiger partial charge on any atom is -0.493 e. The van der Waals surface area contributed by atoms with Crippen LogP contribution in [0.15, 0.2) is 18.2 Å². The maximum Gasteiger partial charge on any atom is 0.392 e. The van der Waals surface area contributed by atoms with Crippen LogP contribution in [0.4, 0.5) is 13.2 Å². The summed E-state index contributed by atoms with van der Waals surface area (Å²) in [5.74, 6) is 0.488. The number of fused-ring (bicyclic) bond motifs is 1. The van der Waals surface area contributed by atoms with Gasteiger partial charge >= 0.3 is 6.18 Å². The summed E-state index contributed by atoms with van der Waals surface area (Å²) in [6, 6.07) is 5.36. The molecule has 1 aliphatic rings. The molecule has 0 radical (unpaired) electrons. The number of halogens is 3. The number of hydrogen-bond acceptors (Lipinski definition) is 2. The zero-order valence-corrected chi connectivity index (χ0v) is 9.26. The molecule has 2 rings (SSSR count). The molecular weight excluding hydrogens is 231 g/mol. The molecule has 0 amide bonds. The molecule has 0 spiro atoms. The SMILES string of the molecule is N[C@@H]1CCc2cc(OCCC(F)(F)F)ccc21. The molecule has 0 aliphatic heterocycles. The summed E-state index contributed by atoms with van der Waals surface area (Å²) in [6.45, 7) is -0.339. The van der Waals surface area contributed by atoms with Crippen molar-refractivity contribution >= 4 is 0 Å². The van der Waals surface area contributed by atoms with Gasteiger partial charge in [-0.15, -0.1) is 0 Å². The summed E-state index contributed by atoms with van der Waals surface area (Å²) in [7, 11) is 0. The van der Waals surface area contributed by atoms with Gasteiger partial charge in [-0.05, 0) is 36.1 Å². The van der Waals surface area contributed by atoms with Gasteiger partial charge in [0.05, 0.1) is 13.0 Å². The van der Waals surface area contributed by atoms with Gasteiger partial charge in [-0.2, -0.15) is 13.2 Å². The molecule has 2 N–H and O–H groups in total. The first kappa shape index (κ1) is 12.2. The van der Waals surface area contributed by atoms with Crippen LogP contribution in [-0.2, 0) is 6.42 Å². The number of ether oxygens (including phenoxy) is 1. The van der Waals surface area contributed by atoms with E-state index in [4.69, 9.17) is 10.5 Å². The van der Waals surface area contributed by atoms with E-state index in [-0.39, 0.29) is 12.6 Å². The summed E-state index contributed by atoms with van der Waals surface area (Å²) >= 11 is 0. The molecule has 1 aromatic rings. The number of rotatable bonds is 3. The molecule has 0 aromatic heterocycles. The highest BCUT2D eigenvalue weighted by molar-refractivity contribution is 5.40. The first-order chi connectivity index (χ1) is 7.96. The maximum atomic E-state index is 11.9. The van der Waals surface area contributed by atoms with Crippen molar-refractivity contribution in [1.29, 1.82) is 0 Å². The van der Waals surface area contributed by atoms with Crippen molar-refractivity contribution in [3.63, 3.8) is 0 Å². The molecule has 5 heteroatoms.